The number of phenols is 1. The van der Waals surface area contributed by atoms with Crippen molar-refractivity contribution in [2.75, 3.05) is 19.5 Å². The molecular weight excluding hydrogens is 398 g/mol. The lowest BCUT2D eigenvalue weighted by atomic mass is 9.74. The summed E-state index contributed by atoms with van der Waals surface area (Å²) in [5.41, 5.74) is 3.12. The summed E-state index contributed by atoms with van der Waals surface area (Å²) < 4.78 is 49.5. The second kappa shape index (κ2) is 8.99. The van der Waals surface area contributed by atoms with Crippen molar-refractivity contribution in [1.29, 1.82) is 0 Å². The van der Waals surface area contributed by atoms with E-state index < -0.39 is 39.9 Å². The van der Waals surface area contributed by atoms with Gasteiger partial charge in [-0.25, -0.2) is 12.8 Å². The number of aromatic hydroxyl groups is 1. The predicted octanol–water partition coefficient (Wildman–Crippen LogP) is 2.72. The fourth-order valence-corrected chi connectivity index (χ4v) is 6.20. The van der Waals surface area contributed by atoms with Crippen LogP contribution in [0.2, 0.25) is 6.32 Å². The van der Waals surface area contributed by atoms with Gasteiger partial charge in [-0.2, -0.15) is 0 Å². The van der Waals surface area contributed by atoms with Gasteiger partial charge in [-0.3, -0.25) is 0 Å². The van der Waals surface area contributed by atoms with Crippen LogP contribution in [0.4, 0.5) is 4.39 Å². The minimum absolute atomic E-state index is 0.0463. The highest BCUT2D eigenvalue weighted by molar-refractivity contribution is 7.92. The van der Waals surface area contributed by atoms with E-state index in [9.17, 15) is 22.9 Å². The van der Waals surface area contributed by atoms with Crippen LogP contribution in [-0.2, 0) is 19.2 Å². The molecule has 0 bridgehead atoms. The van der Waals surface area contributed by atoms with Crippen LogP contribution in [0.3, 0.4) is 0 Å². The molecule has 29 heavy (non-hydrogen) atoms. The van der Waals surface area contributed by atoms with E-state index in [0.29, 0.717) is 18.4 Å². The van der Waals surface area contributed by atoms with Crippen molar-refractivity contribution in [2.45, 2.75) is 43.9 Å². The molecule has 0 radical (unpaired) electrons. The number of phenolic OH excluding ortho intramolecular Hbond substituents is 1. The molecule has 0 unspecified atom stereocenters. The van der Waals surface area contributed by atoms with Crippen LogP contribution in [0.15, 0.2) is 34.9 Å². The molecule has 2 N–H and O–H groups in total. The number of allylic oxidation sites excluding steroid dienone is 1. The Labute approximate surface area is 171 Å². The van der Waals surface area contributed by atoms with E-state index in [0.717, 1.165) is 23.1 Å². The lowest BCUT2D eigenvalue weighted by Crippen LogP contribution is -2.42. The molecule has 2 aliphatic heterocycles. The molecule has 1 aromatic carbocycles. The van der Waals surface area contributed by atoms with Gasteiger partial charge in [0.2, 0.25) is 0 Å². The molecule has 3 rings (SSSR count). The Balaban J connectivity index is 1.80. The summed E-state index contributed by atoms with van der Waals surface area (Å²) in [6, 6.07) is 4.21. The van der Waals surface area contributed by atoms with E-state index in [1.165, 1.54) is 19.2 Å². The molecule has 0 amide bonds. The van der Waals surface area contributed by atoms with Gasteiger partial charge in [0.25, 0.3) is 0 Å². The summed E-state index contributed by atoms with van der Waals surface area (Å²) in [6.45, 7) is 2.21. The average molecular weight is 424 g/mol. The first-order chi connectivity index (χ1) is 13.7. The smallest absolute Gasteiger partial charge is 0.456 e. The minimum Gasteiger partial charge on any atom is -0.505 e. The van der Waals surface area contributed by atoms with Gasteiger partial charge < -0.3 is 19.5 Å². The highest BCUT2D eigenvalue weighted by atomic mass is 32.2. The van der Waals surface area contributed by atoms with Gasteiger partial charge in [0, 0.05) is 13.4 Å². The van der Waals surface area contributed by atoms with Crippen LogP contribution in [0.25, 0.3) is 6.08 Å². The molecule has 2 atom stereocenters. The van der Waals surface area contributed by atoms with Crippen LogP contribution in [0.1, 0.15) is 31.7 Å². The summed E-state index contributed by atoms with van der Waals surface area (Å²) >= 11 is 0. The first kappa shape index (κ1) is 22.0. The molecule has 158 valence electrons. The second-order valence-electron chi connectivity index (χ2n) is 7.51. The first-order valence-electron chi connectivity index (χ1n) is 9.69. The molecule has 1 saturated heterocycles. The van der Waals surface area contributed by atoms with Gasteiger partial charge in [-0.05, 0) is 48.1 Å². The Morgan fingerprint density at radius 1 is 1.45 bits per heavy atom. The maximum atomic E-state index is 13.6. The van der Waals surface area contributed by atoms with Crippen molar-refractivity contribution in [2.24, 2.45) is 0 Å². The normalized spacial score (nSPS) is 24.1. The zero-order valence-electron chi connectivity index (χ0n) is 16.6. The Morgan fingerprint density at radius 2 is 2.21 bits per heavy atom. The Hall–Kier alpha value is -1.68. The number of halogens is 1. The SMILES string of the molecule is CC/C(=C\c1ccc(O)c(F)c1)CC[C@H]1OB(O)C[C@H]2C1=C(COC)CS2(=O)=O. The quantitative estimate of drug-likeness (QED) is 0.517. The molecule has 6 nitrogen and oxygen atoms in total. The standard InChI is InChI=1S/C20H26BFO6S/c1-3-13(8-14-4-6-17(23)16(22)9-14)5-7-18-20-15(11-27-2)12-29(25,26)19(20)10-21(24)28-18/h4,6,8-9,18-19,23-24H,3,5,7,10-12H2,1-2H3/b13-8+/t18-,19+/m1/s1. The van der Waals surface area contributed by atoms with Crippen LogP contribution >= 0.6 is 0 Å². The van der Waals surface area contributed by atoms with Gasteiger partial charge >= 0.3 is 7.12 Å². The molecule has 0 spiro atoms. The number of rotatable bonds is 7. The molecule has 0 aliphatic carbocycles. The first-order valence-corrected chi connectivity index (χ1v) is 11.4. The molecule has 0 saturated carbocycles. The Morgan fingerprint density at radius 3 is 2.86 bits per heavy atom. The highest BCUT2D eigenvalue weighted by Gasteiger charge is 2.48. The molecule has 2 aliphatic rings. The van der Waals surface area contributed by atoms with Crippen molar-refractivity contribution in [1.82, 2.24) is 0 Å². The van der Waals surface area contributed by atoms with Gasteiger partial charge in [0.15, 0.2) is 21.4 Å². The van der Waals surface area contributed by atoms with Gasteiger partial charge in [-0.1, -0.05) is 24.6 Å². The summed E-state index contributed by atoms with van der Waals surface area (Å²) in [7, 11) is -2.96. The van der Waals surface area contributed by atoms with Crippen LogP contribution in [0.5, 0.6) is 5.75 Å². The topological polar surface area (TPSA) is 93.1 Å². The Bertz CT molecular complexity index is 927. The van der Waals surface area contributed by atoms with Crippen molar-refractivity contribution in [3.05, 3.63) is 46.3 Å². The molecule has 1 aromatic rings. The molecular formula is C20H26BFO6S. The number of methoxy groups -OCH3 is 1. The zero-order chi connectivity index (χ0) is 21.2. The predicted molar refractivity (Wildman–Crippen MR) is 110 cm³/mol. The van der Waals surface area contributed by atoms with Crippen molar-refractivity contribution in [3.8, 4) is 5.75 Å². The third-order valence-corrected chi connectivity index (χ3v) is 7.56. The maximum absolute atomic E-state index is 13.6. The second-order valence-corrected chi connectivity index (χ2v) is 9.69. The minimum atomic E-state index is -3.36. The molecule has 1 fully saturated rings. The van der Waals surface area contributed by atoms with E-state index in [2.05, 4.69) is 0 Å². The molecule has 2 heterocycles. The number of ether oxygens (including phenoxy) is 1. The third kappa shape index (κ3) is 4.91. The average Bonchev–Trinajstić information content (AvgIpc) is 2.91. The van der Waals surface area contributed by atoms with Gasteiger partial charge in [0.05, 0.1) is 23.7 Å². The van der Waals surface area contributed by atoms with Gasteiger partial charge in [0.1, 0.15) is 0 Å². The summed E-state index contributed by atoms with van der Waals surface area (Å²) in [6.07, 6.45) is 3.24. The summed E-state index contributed by atoms with van der Waals surface area (Å²) in [5, 5.41) is 18.7. The van der Waals surface area contributed by atoms with Crippen molar-refractivity contribution < 1.29 is 32.3 Å². The van der Waals surface area contributed by atoms with Gasteiger partial charge in [-0.15, -0.1) is 0 Å². The monoisotopic (exact) mass is 424 g/mol. The number of fused-ring (bicyclic) bond motifs is 1. The van der Waals surface area contributed by atoms with E-state index in [-0.39, 0.29) is 18.7 Å². The molecule has 9 heteroatoms. The van der Waals surface area contributed by atoms with E-state index in [1.807, 2.05) is 13.0 Å². The van der Waals surface area contributed by atoms with Crippen molar-refractivity contribution in [3.63, 3.8) is 0 Å². The number of sulfone groups is 1. The summed E-state index contributed by atoms with van der Waals surface area (Å²) in [5.74, 6) is -1.13. The fraction of sp³-hybridized carbons (Fsp3) is 0.500. The van der Waals surface area contributed by atoms with E-state index >= 15 is 0 Å². The highest BCUT2D eigenvalue weighted by Crippen LogP contribution is 2.39. The maximum Gasteiger partial charge on any atom is 0.456 e. The van der Waals surface area contributed by atoms with E-state index in [1.54, 1.807) is 6.07 Å². The number of benzene rings is 1. The fourth-order valence-electron chi connectivity index (χ4n) is 4.10. The third-order valence-electron chi connectivity index (χ3n) is 5.49. The van der Waals surface area contributed by atoms with Crippen LogP contribution in [-0.4, -0.2) is 56.5 Å². The van der Waals surface area contributed by atoms with Crippen LogP contribution in [0, 0.1) is 5.82 Å². The molecule has 0 aromatic heterocycles. The lowest BCUT2D eigenvalue weighted by molar-refractivity contribution is 0.166. The van der Waals surface area contributed by atoms with E-state index in [4.69, 9.17) is 9.39 Å². The van der Waals surface area contributed by atoms with Crippen molar-refractivity contribution >= 4 is 23.0 Å². The number of hydrogen-bond donors (Lipinski definition) is 2. The lowest BCUT2D eigenvalue weighted by Gasteiger charge is -2.32. The van der Waals surface area contributed by atoms with Crippen LogP contribution < -0.4 is 0 Å². The largest absolute Gasteiger partial charge is 0.505 e. The Kier molecular flexibility index (Phi) is 6.83. The number of hydrogen-bond acceptors (Lipinski definition) is 6. The summed E-state index contributed by atoms with van der Waals surface area (Å²) in [4.78, 5) is 0. The zero-order valence-corrected chi connectivity index (χ0v) is 17.4.